The Hall–Kier alpha value is -0.970. The van der Waals surface area contributed by atoms with E-state index in [1.54, 1.807) is 24.3 Å². The van der Waals surface area contributed by atoms with E-state index in [4.69, 9.17) is 27.9 Å². The number of aliphatic hydroxyl groups excluding tert-OH is 1. The van der Waals surface area contributed by atoms with E-state index in [1.165, 1.54) is 0 Å². The minimum atomic E-state index is -0.600. The second-order valence-electron chi connectivity index (χ2n) is 5.10. The van der Waals surface area contributed by atoms with E-state index in [9.17, 15) is 5.11 Å². The van der Waals surface area contributed by atoms with Crippen LogP contribution in [0.15, 0.2) is 48.5 Å². The van der Waals surface area contributed by atoms with Gasteiger partial charge in [0.2, 0.25) is 0 Å². The van der Waals surface area contributed by atoms with Crippen LogP contribution in [0.2, 0.25) is 10.0 Å². The Kier molecular flexibility index (Phi) is 8.74. The van der Waals surface area contributed by atoms with Crippen molar-refractivity contribution in [2.45, 2.75) is 19.1 Å². The number of hydrogen-bond donors (Lipinski definition) is 2. The van der Waals surface area contributed by atoms with Gasteiger partial charge in [0, 0.05) is 22.6 Å². The smallest absolute Gasteiger partial charge is 0.119 e. The van der Waals surface area contributed by atoms with Gasteiger partial charge in [-0.05, 0) is 48.9 Å². The molecule has 0 radical (unpaired) electrons. The van der Waals surface area contributed by atoms with Crippen LogP contribution in [0.5, 0.6) is 5.75 Å². The van der Waals surface area contributed by atoms with E-state index in [0.717, 1.165) is 5.56 Å². The normalized spacial score (nSPS) is 13.0. The lowest BCUT2D eigenvalue weighted by Crippen LogP contribution is -2.33. The molecule has 126 valence electrons. The van der Waals surface area contributed by atoms with E-state index in [0.29, 0.717) is 22.3 Å². The van der Waals surface area contributed by atoms with Gasteiger partial charge in [0.25, 0.3) is 0 Å². The highest BCUT2D eigenvalue weighted by Crippen LogP contribution is 2.18. The summed E-state index contributed by atoms with van der Waals surface area (Å²) in [6.07, 6.45) is -0.600. The molecule has 0 heterocycles. The molecule has 2 aromatic rings. The standard InChI is InChI=1S/C17H19Cl2NO2.ClH/c1-12(13-3-2-4-15(19)9-13)20-10-16(21)11-22-17-7-5-14(18)6-8-17;/h2-9,12,16,20-21H,10-11H2,1H3;1H. The zero-order valence-electron chi connectivity index (χ0n) is 12.7. The number of nitrogens with one attached hydrogen (secondary N) is 1. The van der Waals surface area contributed by atoms with Gasteiger partial charge in [0.15, 0.2) is 0 Å². The van der Waals surface area contributed by atoms with Crippen LogP contribution < -0.4 is 10.1 Å². The number of rotatable bonds is 7. The van der Waals surface area contributed by atoms with Gasteiger partial charge in [0.1, 0.15) is 18.5 Å². The number of aliphatic hydroxyl groups is 1. The molecule has 0 fully saturated rings. The van der Waals surface area contributed by atoms with Crippen molar-refractivity contribution in [2.24, 2.45) is 0 Å². The van der Waals surface area contributed by atoms with Crippen LogP contribution >= 0.6 is 35.6 Å². The van der Waals surface area contributed by atoms with E-state index in [2.05, 4.69) is 5.32 Å². The summed E-state index contributed by atoms with van der Waals surface area (Å²) < 4.78 is 5.51. The molecule has 0 bridgehead atoms. The molecule has 2 atom stereocenters. The lowest BCUT2D eigenvalue weighted by molar-refractivity contribution is 0.104. The summed E-state index contributed by atoms with van der Waals surface area (Å²) in [7, 11) is 0. The van der Waals surface area contributed by atoms with Crippen molar-refractivity contribution in [1.29, 1.82) is 0 Å². The van der Waals surface area contributed by atoms with Crippen molar-refractivity contribution in [3.05, 3.63) is 64.1 Å². The van der Waals surface area contributed by atoms with Crippen molar-refractivity contribution in [3.8, 4) is 5.75 Å². The lowest BCUT2D eigenvalue weighted by atomic mass is 10.1. The molecule has 0 aliphatic heterocycles. The molecule has 0 saturated heterocycles. The van der Waals surface area contributed by atoms with Crippen LogP contribution in [0.1, 0.15) is 18.5 Å². The minimum Gasteiger partial charge on any atom is -0.491 e. The lowest BCUT2D eigenvalue weighted by Gasteiger charge is -2.18. The highest BCUT2D eigenvalue weighted by Gasteiger charge is 2.10. The first kappa shape index (κ1) is 20.1. The van der Waals surface area contributed by atoms with Gasteiger partial charge in [-0.15, -0.1) is 12.4 Å². The molecule has 3 nitrogen and oxygen atoms in total. The van der Waals surface area contributed by atoms with Crippen LogP contribution in [0.25, 0.3) is 0 Å². The zero-order chi connectivity index (χ0) is 15.9. The van der Waals surface area contributed by atoms with Gasteiger partial charge in [-0.1, -0.05) is 35.3 Å². The second kappa shape index (κ2) is 10.0. The quantitative estimate of drug-likeness (QED) is 0.747. The zero-order valence-corrected chi connectivity index (χ0v) is 15.0. The Morgan fingerprint density at radius 2 is 1.78 bits per heavy atom. The van der Waals surface area contributed by atoms with Crippen LogP contribution in [-0.4, -0.2) is 24.4 Å². The average molecular weight is 377 g/mol. The SMILES string of the molecule is CC(NCC(O)COc1ccc(Cl)cc1)c1cccc(Cl)c1.Cl. The summed E-state index contributed by atoms with van der Waals surface area (Å²) in [5.74, 6) is 0.686. The second-order valence-corrected chi connectivity index (χ2v) is 5.98. The van der Waals surface area contributed by atoms with Crippen LogP contribution in [-0.2, 0) is 0 Å². The van der Waals surface area contributed by atoms with Crippen molar-refractivity contribution < 1.29 is 9.84 Å². The molecule has 2 aromatic carbocycles. The maximum Gasteiger partial charge on any atom is 0.119 e. The van der Waals surface area contributed by atoms with Crippen molar-refractivity contribution >= 4 is 35.6 Å². The Bertz CT molecular complexity index is 593. The minimum absolute atomic E-state index is 0. The van der Waals surface area contributed by atoms with E-state index < -0.39 is 6.10 Å². The molecule has 0 aliphatic carbocycles. The summed E-state index contributed by atoms with van der Waals surface area (Å²) in [6.45, 7) is 2.68. The first-order valence-electron chi connectivity index (χ1n) is 7.10. The van der Waals surface area contributed by atoms with E-state index in [1.807, 2.05) is 31.2 Å². The largest absolute Gasteiger partial charge is 0.491 e. The van der Waals surface area contributed by atoms with Gasteiger partial charge >= 0.3 is 0 Å². The Balaban J connectivity index is 0.00000264. The Morgan fingerprint density at radius 3 is 2.43 bits per heavy atom. The fourth-order valence-electron chi connectivity index (χ4n) is 1.99. The monoisotopic (exact) mass is 375 g/mol. The summed E-state index contributed by atoms with van der Waals surface area (Å²) in [5, 5.41) is 14.6. The van der Waals surface area contributed by atoms with E-state index in [-0.39, 0.29) is 25.1 Å². The molecular weight excluding hydrogens is 357 g/mol. The van der Waals surface area contributed by atoms with Gasteiger partial charge in [-0.3, -0.25) is 0 Å². The molecule has 6 heteroatoms. The van der Waals surface area contributed by atoms with E-state index >= 15 is 0 Å². The van der Waals surface area contributed by atoms with Crippen molar-refractivity contribution in [2.75, 3.05) is 13.2 Å². The molecule has 0 amide bonds. The maximum atomic E-state index is 9.98. The van der Waals surface area contributed by atoms with Crippen molar-refractivity contribution in [1.82, 2.24) is 5.32 Å². The molecule has 2 N–H and O–H groups in total. The molecule has 0 spiro atoms. The predicted octanol–water partition coefficient (Wildman–Crippen LogP) is 4.51. The highest BCUT2D eigenvalue weighted by atomic mass is 35.5. The summed E-state index contributed by atoms with van der Waals surface area (Å²) in [5.41, 5.74) is 1.08. The van der Waals surface area contributed by atoms with Crippen molar-refractivity contribution in [3.63, 3.8) is 0 Å². The third-order valence-electron chi connectivity index (χ3n) is 3.26. The number of halogens is 3. The predicted molar refractivity (Wildman–Crippen MR) is 98.1 cm³/mol. The number of benzene rings is 2. The van der Waals surface area contributed by atoms with Gasteiger partial charge in [-0.25, -0.2) is 0 Å². The third-order valence-corrected chi connectivity index (χ3v) is 3.75. The maximum absolute atomic E-state index is 9.98. The molecule has 0 saturated carbocycles. The molecule has 2 unspecified atom stereocenters. The fraction of sp³-hybridized carbons (Fsp3) is 0.294. The first-order chi connectivity index (χ1) is 10.5. The summed E-state index contributed by atoms with van der Waals surface area (Å²) >= 11 is 11.8. The topological polar surface area (TPSA) is 41.5 Å². The first-order valence-corrected chi connectivity index (χ1v) is 7.85. The van der Waals surface area contributed by atoms with Crippen LogP contribution in [0.3, 0.4) is 0 Å². The van der Waals surface area contributed by atoms with Gasteiger partial charge in [0.05, 0.1) is 0 Å². The average Bonchev–Trinajstić information content (AvgIpc) is 2.52. The molecule has 2 rings (SSSR count). The summed E-state index contributed by atoms with van der Waals surface area (Å²) in [6, 6.07) is 14.8. The Labute approximate surface area is 153 Å². The molecule has 0 aliphatic rings. The molecule has 23 heavy (non-hydrogen) atoms. The highest BCUT2D eigenvalue weighted by molar-refractivity contribution is 6.30. The van der Waals surface area contributed by atoms with Gasteiger partial charge in [-0.2, -0.15) is 0 Å². The summed E-state index contributed by atoms with van der Waals surface area (Å²) in [4.78, 5) is 0. The third kappa shape index (κ3) is 6.98. The van der Waals surface area contributed by atoms with Gasteiger partial charge < -0.3 is 15.2 Å². The van der Waals surface area contributed by atoms with Crippen LogP contribution in [0, 0.1) is 0 Å². The number of hydrogen-bond acceptors (Lipinski definition) is 3. The molecular formula is C17H20Cl3NO2. The fourth-order valence-corrected chi connectivity index (χ4v) is 2.31. The molecule has 0 aromatic heterocycles. The Morgan fingerprint density at radius 1 is 1.09 bits per heavy atom. The van der Waals surface area contributed by atoms with Crippen LogP contribution in [0.4, 0.5) is 0 Å². The number of ether oxygens (including phenoxy) is 1.